The van der Waals surface area contributed by atoms with Crippen molar-refractivity contribution in [3.8, 4) is 5.75 Å². The number of phenolic OH excluding ortho intramolecular Hbond substituents is 1. The predicted octanol–water partition coefficient (Wildman–Crippen LogP) is -5.33. The Labute approximate surface area is 699 Å². The molecule has 3 heterocycles. The van der Waals surface area contributed by atoms with Gasteiger partial charge in [0.05, 0.1) is 12.5 Å². The number of aliphatic hydroxyl groups is 1. The summed E-state index contributed by atoms with van der Waals surface area (Å²) in [6.07, 6.45) is -5.01. The van der Waals surface area contributed by atoms with E-state index in [4.69, 9.17) is 27.3 Å². The number of fused-ring (bicyclic) bond motifs is 1. The Morgan fingerprint density at radius 1 is 0.702 bits per heavy atom. The van der Waals surface area contributed by atoms with Crippen molar-refractivity contribution >= 4 is 128 Å². The van der Waals surface area contributed by atoms with Crippen molar-refractivity contribution in [3.63, 3.8) is 0 Å². The molecule has 2 fully saturated rings. The molecule has 2 saturated heterocycles. The number of benzene rings is 2. The second-order valence-electron chi connectivity index (χ2n) is 32.7. The van der Waals surface area contributed by atoms with Gasteiger partial charge in [0.1, 0.15) is 103 Å². The summed E-state index contributed by atoms with van der Waals surface area (Å²) < 4.78 is 42.2. The third-order valence-electron chi connectivity index (χ3n) is 20.0. The molecule has 44 heteroatoms. The second kappa shape index (κ2) is 44.3. The highest BCUT2D eigenvalue weighted by Gasteiger charge is 2.46. The molecule has 2 aliphatic heterocycles. The Morgan fingerprint density at radius 3 is 1.88 bits per heavy atom. The SMILES string of the molecule is CC(C)C[C@H]1NC(=O)[C@H](CCC(N)=O)N(C)C(=O)[C@@H](NC(=O)[C@H](CS(=O)(=O)O)NC(=O)[C@H](CCCNC(=N)N)NC(=O)[C@@H](Cc2c[nH]c3ccccc23)NC(=O)[C@@H](NC(=O)[C@@H](NC(=O)[C@@H]2CCCN2C(=O)[C@H](Cc2ccc(O)cc2)NC(=O)[C@@H](C)NC=O)C(C)(C)C)C(C)(C)C)[C@@H](C)OC(=O)CN(C)C(=O)[C@H](CC(N)=O)NC(=O)[C@H]([C@@H](C)O)NC1=O. The minimum Gasteiger partial charge on any atom is -0.508 e. The minimum absolute atomic E-state index is 0.0433. The van der Waals surface area contributed by atoms with E-state index in [1.807, 2.05) is 0 Å². The molecule has 16 amide bonds. The number of primary amides is 2. The van der Waals surface area contributed by atoms with Gasteiger partial charge in [0.15, 0.2) is 5.96 Å². The van der Waals surface area contributed by atoms with E-state index in [0.717, 1.165) is 27.9 Å². The standard InChI is InChI=1S/C77H116N20O23S/c1-38(2)30-48-65(107)91-58(40(4)99)69(111)89-51(33-56(79)102)72(114)95(12)35-57(103)120-41(5)59(74(116)96(13)53(67(109)86-48)26-27-55(78)101)92-66(108)52(36-121(117,118)119)90-63(105)47(20-16-28-82-75(80)81)85-64(106)49(32-43-34-83-46-19-15-14-18-45(43)46)87-70(112)60(76(6,7)8)94-71(113)61(77(9,10)11)93-68(110)54-21-17-29-97(54)73(115)50(88-62(104)39(3)84-37-98)31-42-22-24-44(100)25-23-42/h14-15,18-19,22-25,34,37-41,47-54,58-61,83,99-100H,16-17,20-21,26-33,35-36H2,1-13H3,(H2,78,101)(H2,79,102)(H,84,98)(H,85,106)(H,86,109)(H,87,112)(H,88,104)(H,89,111)(H,90,105)(H,91,107)(H,92,108)(H,93,110)(H,94,113)(H4,80,81,82)(H,117,118,119)/t39-,40-,41-,47+,48-,49-,50+,51+,52+,53+,54+,58+,59+,60-,61-/m1/s1. The number of ether oxygens (including phenoxy) is 1. The summed E-state index contributed by atoms with van der Waals surface area (Å²) in [4.78, 5) is 246. The Balaban J connectivity index is 1.55. The van der Waals surface area contributed by atoms with E-state index in [2.05, 4.69) is 68.8 Å². The third kappa shape index (κ3) is 30.3. The summed E-state index contributed by atoms with van der Waals surface area (Å²) in [7, 11) is -3.47. The average molecular weight is 1720 g/mol. The molecule has 3 aromatic rings. The highest BCUT2D eigenvalue weighted by Crippen LogP contribution is 2.28. The predicted molar refractivity (Wildman–Crippen MR) is 434 cm³/mol. The van der Waals surface area contributed by atoms with Crippen molar-refractivity contribution in [1.82, 2.24) is 83.5 Å². The zero-order valence-electron chi connectivity index (χ0n) is 69.9. The quantitative estimate of drug-likeness (QED) is 0.00653. The minimum atomic E-state index is -5.44. The summed E-state index contributed by atoms with van der Waals surface area (Å²) in [5, 5.41) is 58.8. The molecule has 5 rings (SSSR count). The van der Waals surface area contributed by atoms with Crippen LogP contribution in [0.4, 0.5) is 0 Å². The lowest BCUT2D eigenvalue weighted by atomic mass is 9.83. The Morgan fingerprint density at radius 2 is 1.29 bits per heavy atom. The van der Waals surface area contributed by atoms with Crippen LogP contribution < -0.4 is 81.0 Å². The second-order valence-corrected chi connectivity index (χ2v) is 34.2. The molecule has 43 nitrogen and oxygen atoms in total. The fourth-order valence-electron chi connectivity index (χ4n) is 13.5. The van der Waals surface area contributed by atoms with E-state index in [-0.39, 0.29) is 50.9 Å². The number of nitrogens with two attached hydrogens (primary N) is 3. The molecule has 0 radical (unpaired) electrons. The number of carbonyl (C=O) groups is 17. The van der Waals surface area contributed by atoms with E-state index < -0.39 is 256 Å². The molecule has 121 heavy (non-hydrogen) atoms. The molecule has 23 N–H and O–H groups in total. The molecule has 2 aliphatic rings. The van der Waals surface area contributed by atoms with Gasteiger partial charge in [0.2, 0.25) is 95.0 Å². The number of aliphatic hydroxyl groups excluding tert-OH is 1. The highest BCUT2D eigenvalue weighted by atomic mass is 32.2. The molecule has 15 atom stereocenters. The maximum Gasteiger partial charge on any atom is 0.325 e. The first-order valence-corrected chi connectivity index (χ1v) is 40.8. The third-order valence-corrected chi connectivity index (χ3v) is 20.8. The lowest BCUT2D eigenvalue weighted by molar-refractivity contribution is -0.158. The van der Waals surface area contributed by atoms with Crippen LogP contribution in [0.1, 0.15) is 139 Å². The number of esters is 1. The lowest BCUT2D eigenvalue weighted by Gasteiger charge is -2.37. The van der Waals surface area contributed by atoms with Gasteiger partial charge in [-0.2, -0.15) is 8.42 Å². The van der Waals surface area contributed by atoms with E-state index >= 15 is 28.8 Å². The maximum atomic E-state index is 15.4. The van der Waals surface area contributed by atoms with Gasteiger partial charge < -0.3 is 116 Å². The maximum absolute atomic E-state index is 15.4. The monoisotopic (exact) mass is 1720 g/mol. The molecule has 1 aromatic heterocycles. The van der Waals surface area contributed by atoms with Gasteiger partial charge in [-0.15, -0.1) is 0 Å². The number of para-hydroxylation sites is 1. The molecule has 0 spiro atoms. The van der Waals surface area contributed by atoms with Crippen LogP contribution >= 0.6 is 0 Å². The zero-order chi connectivity index (χ0) is 91.0. The number of hydrogen-bond donors (Lipinski definition) is 20. The van der Waals surface area contributed by atoms with Gasteiger partial charge in [-0.3, -0.25) is 91.5 Å². The van der Waals surface area contributed by atoms with Crippen LogP contribution in [0.3, 0.4) is 0 Å². The van der Waals surface area contributed by atoms with Crippen LogP contribution in [0, 0.1) is 22.2 Å². The Hall–Kier alpha value is -12.1. The van der Waals surface area contributed by atoms with E-state index in [1.165, 1.54) is 42.3 Å². The number of aromatic amines is 1. The van der Waals surface area contributed by atoms with Crippen molar-refractivity contribution in [1.29, 1.82) is 5.41 Å². The molecular formula is C77H116N20O23S. The first-order chi connectivity index (χ1) is 56.3. The summed E-state index contributed by atoms with van der Waals surface area (Å²) >= 11 is 0. The van der Waals surface area contributed by atoms with Gasteiger partial charge in [0, 0.05) is 63.5 Å². The highest BCUT2D eigenvalue weighted by molar-refractivity contribution is 7.85. The van der Waals surface area contributed by atoms with Crippen LogP contribution in [0.15, 0.2) is 54.7 Å². The number of amides is 16. The number of carbonyl (C=O) groups excluding carboxylic acids is 17. The van der Waals surface area contributed by atoms with Gasteiger partial charge >= 0.3 is 5.97 Å². The van der Waals surface area contributed by atoms with Crippen LogP contribution in [0.5, 0.6) is 5.75 Å². The molecule has 0 bridgehead atoms. The van der Waals surface area contributed by atoms with E-state index in [1.54, 1.807) is 79.7 Å². The molecule has 0 unspecified atom stereocenters. The smallest absolute Gasteiger partial charge is 0.325 e. The van der Waals surface area contributed by atoms with E-state index in [9.17, 15) is 75.9 Å². The van der Waals surface area contributed by atoms with Crippen LogP contribution in [0.2, 0.25) is 0 Å². The Bertz CT molecular complexity index is 4410. The number of likely N-dealkylation sites (N-methyl/N-ethyl adjacent to an activating group) is 2. The van der Waals surface area contributed by atoms with Gasteiger partial charge in [-0.25, -0.2) is 0 Å². The largest absolute Gasteiger partial charge is 0.508 e. The fraction of sp³-hybridized carbons (Fsp3) is 0.584. The van der Waals surface area contributed by atoms with Gasteiger partial charge in [-0.05, 0) is 105 Å². The zero-order valence-corrected chi connectivity index (χ0v) is 70.7. The number of nitrogens with one attached hydrogen (secondary N) is 14. The molecule has 0 aliphatic carbocycles. The summed E-state index contributed by atoms with van der Waals surface area (Å²) in [5.41, 5.74) is 15.6. The average Bonchev–Trinajstić information content (AvgIpc) is 1.75. The molecular weight excluding hydrogens is 1610 g/mol. The van der Waals surface area contributed by atoms with Crippen LogP contribution in [0.25, 0.3) is 10.9 Å². The van der Waals surface area contributed by atoms with Crippen molar-refractivity contribution in [2.24, 2.45) is 33.9 Å². The van der Waals surface area contributed by atoms with Crippen molar-refractivity contribution < 1.29 is 109 Å². The number of phenols is 1. The molecule has 668 valence electrons. The number of nitrogens with zero attached hydrogens (tertiary/aromatic N) is 3. The number of rotatable bonds is 35. The number of aromatic hydroxyl groups is 1. The number of likely N-dealkylation sites (tertiary alicyclic amines) is 1. The van der Waals surface area contributed by atoms with Crippen LogP contribution in [-0.2, 0) is 109 Å². The lowest BCUT2D eigenvalue weighted by Crippen LogP contribution is -2.64. The summed E-state index contributed by atoms with van der Waals surface area (Å²) in [6, 6.07) is -9.80. The molecule has 2 aromatic carbocycles. The Kier molecular flexibility index (Phi) is 36.4. The summed E-state index contributed by atoms with van der Waals surface area (Å²) in [6.45, 7) is 15.1. The normalized spacial score (nSPS) is 20.7. The first-order valence-electron chi connectivity index (χ1n) is 39.2. The van der Waals surface area contributed by atoms with Gasteiger partial charge in [-0.1, -0.05) is 85.7 Å². The van der Waals surface area contributed by atoms with E-state index in [0.29, 0.717) is 44.7 Å². The topological polar surface area (TPSA) is 666 Å². The van der Waals surface area contributed by atoms with Crippen molar-refractivity contribution in [3.05, 3.63) is 65.9 Å². The number of aromatic nitrogens is 1. The summed E-state index contributed by atoms with van der Waals surface area (Å²) in [5.74, 6) is -20.8. The van der Waals surface area contributed by atoms with Crippen LogP contribution in [-0.4, -0.2) is 280 Å². The number of guanidine groups is 1. The number of hydrogen-bond acceptors (Lipinski definition) is 23. The molecule has 0 saturated carbocycles. The first kappa shape index (κ1) is 99.5. The van der Waals surface area contributed by atoms with Crippen molar-refractivity contribution in [2.45, 2.75) is 231 Å². The number of cyclic esters (lactones) is 1. The van der Waals surface area contributed by atoms with Crippen molar-refractivity contribution in [2.75, 3.05) is 39.5 Å². The number of H-pyrrole nitrogens is 1. The fourth-order valence-corrected chi connectivity index (χ4v) is 14.2. The van der Waals surface area contributed by atoms with Gasteiger partial charge in [0.25, 0.3) is 10.1 Å².